The van der Waals surface area contributed by atoms with Crippen LogP contribution in [0.15, 0.2) is 83.8 Å². The van der Waals surface area contributed by atoms with Gasteiger partial charge in [0.25, 0.3) is 10.0 Å². The minimum absolute atomic E-state index is 0.0458. The lowest BCUT2D eigenvalue weighted by molar-refractivity contribution is -0.139. The molecule has 3 aromatic carbocycles. The smallest absolute Gasteiger partial charge is 0.264 e. The van der Waals surface area contributed by atoms with E-state index in [9.17, 15) is 18.0 Å². The van der Waals surface area contributed by atoms with E-state index in [-0.39, 0.29) is 23.3 Å². The summed E-state index contributed by atoms with van der Waals surface area (Å²) in [6.07, 6.45) is 0. The summed E-state index contributed by atoms with van der Waals surface area (Å²) in [5, 5.41) is 3.22. The van der Waals surface area contributed by atoms with Crippen LogP contribution in [0.2, 0.25) is 5.02 Å². The quantitative estimate of drug-likeness (QED) is 0.359. The van der Waals surface area contributed by atoms with Crippen molar-refractivity contribution in [3.63, 3.8) is 0 Å². The summed E-state index contributed by atoms with van der Waals surface area (Å²) in [5.41, 5.74) is 1.76. The number of sulfonamides is 1. The standard InChI is InChI=1S/C29H34ClN3O4S/c1-21(2)18-31-29(35)23(4)32(19-24-11-7-5-8-12-24)28(34)20-33(27-17-25(30)16-15-22(27)3)38(36,37)26-13-9-6-10-14-26/h5-17,21,23H,18-20H2,1-4H3,(H,31,35)/t23-/m0/s1. The molecule has 0 radical (unpaired) electrons. The monoisotopic (exact) mass is 555 g/mol. The van der Waals surface area contributed by atoms with Crippen molar-refractivity contribution in [3.8, 4) is 0 Å². The number of nitrogens with one attached hydrogen (secondary N) is 1. The predicted molar refractivity (Wildman–Crippen MR) is 151 cm³/mol. The number of rotatable bonds is 11. The molecule has 0 saturated heterocycles. The molecule has 0 heterocycles. The third-order valence-corrected chi connectivity index (χ3v) is 8.11. The third kappa shape index (κ3) is 7.36. The number of hydrogen-bond donors (Lipinski definition) is 1. The Morgan fingerprint density at radius 2 is 1.53 bits per heavy atom. The molecule has 0 aromatic heterocycles. The highest BCUT2D eigenvalue weighted by Gasteiger charge is 2.33. The van der Waals surface area contributed by atoms with Crippen molar-refractivity contribution in [1.82, 2.24) is 10.2 Å². The fourth-order valence-corrected chi connectivity index (χ4v) is 5.56. The Labute approximate surface area is 230 Å². The fourth-order valence-electron chi connectivity index (χ4n) is 3.90. The van der Waals surface area contributed by atoms with Crippen molar-refractivity contribution in [1.29, 1.82) is 0 Å². The number of nitrogens with zero attached hydrogens (tertiary/aromatic N) is 2. The minimum Gasteiger partial charge on any atom is -0.354 e. The summed E-state index contributed by atoms with van der Waals surface area (Å²) < 4.78 is 28.7. The van der Waals surface area contributed by atoms with E-state index in [0.717, 1.165) is 9.87 Å². The second kappa shape index (κ2) is 12.9. The number of anilines is 1. The van der Waals surface area contributed by atoms with Crippen molar-refractivity contribution in [3.05, 3.63) is 95.0 Å². The Hall–Kier alpha value is -3.36. The zero-order valence-corrected chi connectivity index (χ0v) is 23.7. The molecular weight excluding hydrogens is 522 g/mol. The molecule has 38 heavy (non-hydrogen) atoms. The predicted octanol–water partition coefficient (Wildman–Crippen LogP) is 5.03. The molecule has 0 bridgehead atoms. The van der Waals surface area contributed by atoms with Gasteiger partial charge in [-0.3, -0.25) is 13.9 Å². The Morgan fingerprint density at radius 3 is 2.13 bits per heavy atom. The van der Waals surface area contributed by atoms with Crippen molar-refractivity contribution >= 4 is 39.1 Å². The Morgan fingerprint density at radius 1 is 0.921 bits per heavy atom. The maximum Gasteiger partial charge on any atom is 0.264 e. The number of carbonyl (C=O) groups excluding carboxylic acids is 2. The lowest BCUT2D eigenvalue weighted by Gasteiger charge is -2.32. The Bertz CT molecular complexity index is 1350. The number of amides is 2. The highest BCUT2D eigenvalue weighted by molar-refractivity contribution is 7.92. The van der Waals surface area contributed by atoms with Crippen LogP contribution in [-0.4, -0.2) is 44.3 Å². The summed E-state index contributed by atoms with van der Waals surface area (Å²) in [6.45, 7) is 7.48. The number of aryl methyl sites for hydroxylation is 1. The van der Waals surface area contributed by atoms with Crippen LogP contribution in [0.1, 0.15) is 31.9 Å². The molecule has 1 N–H and O–H groups in total. The second-order valence-electron chi connectivity index (χ2n) is 9.58. The molecule has 3 rings (SSSR count). The highest BCUT2D eigenvalue weighted by Crippen LogP contribution is 2.30. The Balaban J connectivity index is 2.03. The largest absolute Gasteiger partial charge is 0.354 e. The zero-order valence-electron chi connectivity index (χ0n) is 22.1. The van der Waals surface area contributed by atoms with E-state index in [1.807, 2.05) is 44.2 Å². The van der Waals surface area contributed by atoms with Gasteiger partial charge in [-0.1, -0.05) is 80.0 Å². The first kappa shape index (κ1) is 29.2. The van der Waals surface area contributed by atoms with E-state index in [2.05, 4.69) is 5.32 Å². The summed E-state index contributed by atoms with van der Waals surface area (Å²) in [5.74, 6) is -0.582. The number of halogens is 1. The SMILES string of the molecule is Cc1ccc(Cl)cc1N(CC(=O)N(Cc1ccccc1)[C@@H](C)C(=O)NCC(C)C)S(=O)(=O)c1ccccc1. The number of benzene rings is 3. The molecule has 0 aliphatic heterocycles. The van der Waals surface area contributed by atoms with Crippen LogP contribution in [0.5, 0.6) is 0 Å². The fraction of sp³-hybridized carbons (Fsp3) is 0.310. The molecule has 0 spiro atoms. The normalized spacial score (nSPS) is 12.2. The van der Waals surface area contributed by atoms with Crippen LogP contribution in [0, 0.1) is 12.8 Å². The summed E-state index contributed by atoms with van der Waals surface area (Å²) in [6, 6.07) is 21.3. The maximum absolute atomic E-state index is 13.9. The van der Waals surface area contributed by atoms with Gasteiger partial charge in [-0.15, -0.1) is 0 Å². The molecule has 9 heteroatoms. The summed E-state index contributed by atoms with van der Waals surface area (Å²) in [4.78, 5) is 28.4. The average Bonchev–Trinajstić information content (AvgIpc) is 2.91. The lowest BCUT2D eigenvalue weighted by Crippen LogP contribution is -2.51. The lowest BCUT2D eigenvalue weighted by atomic mass is 10.1. The van der Waals surface area contributed by atoms with Crippen LogP contribution in [-0.2, 0) is 26.2 Å². The first-order chi connectivity index (χ1) is 18.0. The first-order valence-electron chi connectivity index (χ1n) is 12.5. The molecule has 7 nitrogen and oxygen atoms in total. The molecule has 1 atom stereocenters. The molecule has 0 fully saturated rings. The van der Waals surface area contributed by atoms with Crippen LogP contribution in [0.3, 0.4) is 0 Å². The van der Waals surface area contributed by atoms with Crippen LogP contribution >= 0.6 is 11.6 Å². The van der Waals surface area contributed by atoms with E-state index in [1.54, 1.807) is 44.2 Å². The van der Waals surface area contributed by atoms with Gasteiger partial charge in [-0.25, -0.2) is 8.42 Å². The van der Waals surface area contributed by atoms with Gasteiger partial charge in [0.05, 0.1) is 10.6 Å². The second-order valence-corrected chi connectivity index (χ2v) is 11.9. The van der Waals surface area contributed by atoms with Gasteiger partial charge in [-0.2, -0.15) is 0 Å². The van der Waals surface area contributed by atoms with E-state index in [1.165, 1.54) is 23.1 Å². The number of hydrogen-bond acceptors (Lipinski definition) is 4. The van der Waals surface area contributed by atoms with Crippen LogP contribution < -0.4 is 9.62 Å². The first-order valence-corrected chi connectivity index (χ1v) is 14.3. The summed E-state index contributed by atoms with van der Waals surface area (Å²) in [7, 11) is -4.14. The molecule has 0 aliphatic carbocycles. The molecule has 0 unspecified atom stereocenters. The molecule has 3 aromatic rings. The van der Waals surface area contributed by atoms with Gasteiger partial charge >= 0.3 is 0 Å². The molecular formula is C29H34ClN3O4S. The van der Waals surface area contributed by atoms with Crippen LogP contribution in [0.25, 0.3) is 0 Å². The average molecular weight is 556 g/mol. The highest BCUT2D eigenvalue weighted by atomic mass is 35.5. The molecule has 2 amide bonds. The topological polar surface area (TPSA) is 86.8 Å². The van der Waals surface area contributed by atoms with Gasteiger partial charge < -0.3 is 10.2 Å². The van der Waals surface area contributed by atoms with E-state index in [0.29, 0.717) is 22.8 Å². The van der Waals surface area contributed by atoms with Gasteiger partial charge in [0, 0.05) is 18.1 Å². The van der Waals surface area contributed by atoms with E-state index in [4.69, 9.17) is 11.6 Å². The maximum atomic E-state index is 13.9. The van der Waals surface area contributed by atoms with Gasteiger partial charge in [-0.05, 0) is 55.2 Å². The van der Waals surface area contributed by atoms with Gasteiger partial charge in [0.1, 0.15) is 12.6 Å². The molecule has 202 valence electrons. The Kier molecular flexibility index (Phi) is 9.94. The van der Waals surface area contributed by atoms with Crippen molar-refractivity contribution in [2.75, 3.05) is 17.4 Å². The number of carbonyl (C=O) groups is 2. The van der Waals surface area contributed by atoms with E-state index < -0.39 is 28.5 Å². The third-order valence-electron chi connectivity index (χ3n) is 6.10. The van der Waals surface area contributed by atoms with Gasteiger partial charge in [0.2, 0.25) is 11.8 Å². The van der Waals surface area contributed by atoms with Crippen LogP contribution in [0.4, 0.5) is 5.69 Å². The summed E-state index contributed by atoms with van der Waals surface area (Å²) >= 11 is 6.25. The molecule has 0 saturated carbocycles. The van der Waals surface area contributed by atoms with Gasteiger partial charge in [0.15, 0.2) is 0 Å². The van der Waals surface area contributed by atoms with Crippen molar-refractivity contribution in [2.45, 2.75) is 45.2 Å². The van der Waals surface area contributed by atoms with Crippen molar-refractivity contribution in [2.24, 2.45) is 5.92 Å². The zero-order chi connectivity index (χ0) is 27.9. The van der Waals surface area contributed by atoms with Crippen molar-refractivity contribution < 1.29 is 18.0 Å². The minimum atomic E-state index is -4.14. The molecule has 0 aliphatic rings. The van der Waals surface area contributed by atoms with E-state index >= 15 is 0 Å².